The zero-order valence-electron chi connectivity index (χ0n) is 19.4. The lowest BCUT2D eigenvalue weighted by atomic mass is 9.97. The zero-order chi connectivity index (χ0) is 22.3. The highest BCUT2D eigenvalue weighted by atomic mass is 16.5. The number of ether oxygens (including phenoxy) is 1. The number of carbonyl (C=O) groups is 2. The average molecular weight is 423 g/mol. The monoisotopic (exact) mass is 422 g/mol. The Bertz CT molecular complexity index is 456. The van der Waals surface area contributed by atoms with Gasteiger partial charge in [0.1, 0.15) is 6.61 Å². The van der Waals surface area contributed by atoms with E-state index in [1.807, 2.05) is 0 Å². The Balaban J connectivity index is 3.50. The Morgan fingerprint density at radius 1 is 0.833 bits per heavy atom. The lowest BCUT2D eigenvalue weighted by Crippen LogP contribution is -2.19. The molecule has 30 heavy (non-hydrogen) atoms. The summed E-state index contributed by atoms with van der Waals surface area (Å²) in [6.45, 7) is 5.88. The molecule has 0 bridgehead atoms. The fourth-order valence-electron chi connectivity index (χ4n) is 3.54. The SMILES string of the molecule is C=CCOC(=O)CC(CCCCCCC/C=C/CCCCCCCCCC)C(=O)O. The molecule has 0 amide bonds. The van der Waals surface area contributed by atoms with Gasteiger partial charge in [0.15, 0.2) is 0 Å². The Kier molecular flexibility index (Phi) is 20.9. The van der Waals surface area contributed by atoms with E-state index >= 15 is 0 Å². The summed E-state index contributed by atoms with van der Waals surface area (Å²) in [6, 6.07) is 0. The molecule has 0 rings (SSSR count). The third-order valence-corrected chi connectivity index (χ3v) is 5.44. The normalized spacial score (nSPS) is 12.2. The second-order valence-corrected chi connectivity index (χ2v) is 8.29. The largest absolute Gasteiger partial charge is 0.481 e. The van der Waals surface area contributed by atoms with Crippen molar-refractivity contribution in [2.75, 3.05) is 6.61 Å². The molecule has 0 aromatic carbocycles. The molecule has 0 fully saturated rings. The molecule has 0 aliphatic carbocycles. The second kappa shape index (κ2) is 22.1. The van der Waals surface area contributed by atoms with Gasteiger partial charge in [0.05, 0.1) is 12.3 Å². The highest BCUT2D eigenvalue weighted by Gasteiger charge is 2.21. The Labute approximate surface area is 185 Å². The first-order valence-corrected chi connectivity index (χ1v) is 12.3. The summed E-state index contributed by atoms with van der Waals surface area (Å²) in [5.41, 5.74) is 0. The minimum Gasteiger partial charge on any atom is -0.481 e. The van der Waals surface area contributed by atoms with Crippen LogP contribution in [0.2, 0.25) is 0 Å². The fraction of sp³-hybridized carbons (Fsp3) is 0.769. The average Bonchev–Trinajstić information content (AvgIpc) is 2.73. The van der Waals surface area contributed by atoms with E-state index in [2.05, 4.69) is 25.7 Å². The Morgan fingerprint density at radius 3 is 1.83 bits per heavy atom. The van der Waals surface area contributed by atoms with Crippen molar-refractivity contribution >= 4 is 11.9 Å². The number of esters is 1. The van der Waals surface area contributed by atoms with Gasteiger partial charge in [-0.15, -0.1) is 0 Å². The van der Waals surface area contributed by atoms with Crippen molar-refractivity contribution < 1.29 is 19.4 Å². The van der Waals surface area contributed by atoms with E-state index in [1.165, 1.54) is 76.7 Å². The molecular formula is C26H46O4. The van der Waals surface area contributed by atoms with E-state index in [4.69, 9.17) is 4.74 Å². The summed E-state index contributed by atoms with van der Waals surface area (Å²) in [7, 11) is 0. The number of allylic oxidation sites excluding steroid dienone is 2. The highest BCUT2D eigenvalue weighted by molar-refractivity contribution is 5.78. The molecule has 174 valence electrons. The minimum absolute atomic E-state index is 0.0488. The van der Waals surface area contributed by atoms with Crippen LogP contribution in [-0.4, -0.2) is 23.7 Å². The van der Waals surface area contributed by atoms with Gasteiger partial charge in [-0.05, 0) is 32.1 Å². The highest BCUT2D eigenvalue weighted by Crippen LogP contribution is 2.17. The van der Waals surface area contributed by atoms with Gasteiger partial charge in [-0.1, -0.05) is 102 Å². The van der Waals surface area contributed by atoms with Crippen molar-refractivity contribution in [3.63, 3.8) is 0 Å². The summed E-state index contributed by atoms with van der Waals surface area (Å²) in [5, 5.41) is 9.25. The predicted octanol–water partition coefficient (Wildman–Crippen LogP) is 7.62. The van der Waals surface area contributed by atoms with Gasteiger partial charge in [-0.25, -0.2) is 0 Å². The first-order chi connectivity index (χ1) is 14.6. The molecule has 0 saturated heterocycles. The van der Waals surface area contributed by atoms with Crippen LogP contribution in [0.15, 0.2) is 24.8 Å². The maximum absolute atomic E-state index is 11.6. The van der Waals surface area contributed by atoms with Crippen molar-refractivity contribution in [2.24, 2.45) is 5.92 Å². The Morgan fingerprint density at radius 2 is 1.33 bits per heavy atom. The molecule has 4 nitrogen and oxygen atoms in total. The Hall–Kier alpha value is -1.58. The summed E-state index contributed by atoms with van der Waals surface area (Å²) in [6.07, 6.45) is 25.3. The minimum atomic E-state index is -0.910. The number of unbranched alkanes of at least 4 members (excludes halogenated alkanes) is 13. The summed E-state index contributed by atoms with van der Waals surface area (Å²) < 4.78 is 4.88. The topological polar surface area (TPSA) is 63.6 Å². The summed E-state index contributed by atoms with van der Waals surface area (Å²) in [4.78, 5) is 22.8. The third-order valence-electron chi connectivity index (χ3n) is 5.44. The van der Waals surface area contributed by atoms with E-state index in [0.717, 1.165) is 25.7 Å². The lowest BCUT2D eigenvalue weighted by molar-refractivity contribution is -0.151. The number of carboxylic acids is 1. The van der Waals surface area contributed by atoms with Crippen molar-refractivity contribution in [3.8, 4) is 0 Å². The van der Waals surface area contributed by atoms with E-state index in [0.29, 0.717) is 6.42 Å². The molecule has 0 spiro atoms. The molecule has 0 aromatic rings. The fourth-order valence-corrected chi connectivity index (χ4v) is 3.54. The van der Waals surface area contributed by atoms with Crippen molar-refractivity contribution in [3.05, 3.63) is 24.8 Å². The number of aliphatic carboxylic acids is 1. The number of hydrogen-bond acceptors (Lipinski definition) is 3. The molecule has 1 atom stereocenters. The van der Waals surface area contributed by atoms with Crippen LogP contribution in [0.4, 0.5) is 0 Å². The number of carboxylic acid groups (broad SMARTS) is 1. The quantitative estimate of drug-likeness (QED) is 0.111. The van der Waals surface area contributed by atoms with Crippen LogP contribution in [0.3, 0.4) is 0 Å². The first kappa shape index (κ1) is 28.4. The van der Waals surface area contributed by atoms with Crippen molar-refractivity contribution in [1.29, 1.82) is 0 Å². The van der Waals surface area contributed by atoms with E-state index in [9.17, 15) is 14.7 Å². The van der Waals surface area contributed by atoms with Gasteiger partial charge in [-0.3, -0.25) is 9.59 Å². The van der Waals surface area contributed by atoms with Crippen LogP contribution >= 0.6 is 0 Å². The molecule has 0 radical (unpaired) electrons. The van der Waals surface area contributed by atoms with Gasteiger partial charge >= 0.3 is 11.9 Å². The number of hydrogen-bond donors (Lipinski definition) is 1. The smallest absolute Gasteiger partial charge is 0.307 e. The van der Waals surface area contributed by atoms with Crippen LogP contribution in [0.25, 0.3) is 0 Å². The number of carbonyl (C=O) groups excluding carboxylic acids is 1. The molecular weight excluding hydrogens is 376 g/mol. The van der Waals surface area contributed by atoms with Gasteiger partial charge in [0.25, 0.3) is 0 Å². The lowest BCUT2D eigenvalue weighted by Gasteiger charge is -2.11. The molecule has 0 aliphatic heterocycles. The van der Waals surface area contributed by atoms with Gasteiger partial charge in [-0.2, -0.15) is 0 Å². The van der Waals surface area contributed by atoms with Gasteiger partial charge < -0.3 is 9.84 Å². The van der Waals surface area contributed by atoms with Crippen molar-refractivity contribution in [1.82, 2.24) is 0 Å². The van der Waals surface area contributed by atoms with Crippen LogP contribution in [0.1, 0.15) is 116 Å². The van der Waals surface area contributed by atoms with Crippen LogP contribution < -0.4 is 0 Å². The zero-order valence-corrected chi connectivity index (χ0v) is 19.4. The standard InChI is InChI=1S/C26H46O4/c1-3-5-6-7-8-9-10-11-12-13-14-15-16-17-18-19-20-21-24(26(28)29)23-25(27)30-22-4-2/h4,13-14,24H,2-3,5-12,15-23H2,1H3,(H,28,29)/b14-13+. The van der Waals surface area contributed by atoms with Gasteiger partial charge in [0.2, 0.25) is 0 Å². The third kappa shape index (κ3) is 19.7. The molecule has 1 N–H and O–H groups in total. The maximum Gasteiger partial charge on any atom is 0.307 e. The number of rotatable bonds is 22. The maximum atomic E-state index is 11.6. The van der Waals surface area contributed by atoms with E-state index in [-0.39, 0.29) is 13.0 Å². The molecule has 1 unspecified atom stereocenters. The second-order valence-electron chi connectivity index (χ2n) is 8.29. The van der Waals surface area contributed by atoms with Crippen LogP contribution in [0.5, 0.6) is 0 Å². The summed E-state index contributed by atoms with van der Waals surface area (Å²) >= 11 is 0. The predicted molar refractivity (Wildman–Crippen MR) is 126 cm³/mol. The summed E-state index contributed by atoms with van der Waals surface area (Å²) in [5.74, 6) is -2.00. The van der Waals surface area contributed by atoms with Crippen LogP contribution in [-0.2, 0) is 14.3 Å². The van der Waals surface area contributed by atoms with E-state index in [1.54, 1.807) is 0 Å². The molecule has 4 heteroatoms. The molecule has 0 aromatic heterocycles. The van der Waals surface area contributed by atoms with Crippen molar-refractivity contribution in [2.45, 2.75) is 116 Å². The molecule has 0 heterocycles. The first-order valence-electron chi connectivity index (χ1n) is 12.3. The van der Waals surface area contributed by atoms with Crippen LogP contribution in [0, 0.1) is 5.92 Å². The van der Waals surface area contributed by atoms with E-state index < -0.39 is 17.9 Å². The molecule has 0 saturated carbocycles. The van der Waals surface area contributed by atoms with Gasteiger partial charge in [0, 0.05) is 0 Å². The molecule has 0 aliphatic rings.